The van der Waals surface area contributed by atoms with E-state index in [9.17, 15) is 0 Å². The second-order valence-corrected chi connectivity index (χ2v) is 5.84. The maximum Gasteiger partial charge on any atom is 0.141 e. The first-order chi connectivity index (χ1) is 11.7. The topological polar surface area (TPSA) is 51.4 Å². The summed E-state index contributed by atoms with van der Waals surface area (Å²) in [7, 11) is 1.92. The monoisotopic (exact) mass is 322 g/mol. The van der Waals surface area contributed by atoms with Gasteiger partial charge in [-0.3, -0.25) is 9.67 Å². The smallest absolute Gasteiger partial charge is 0.141 e. The highest BCUT2D eigenvalue weighted by Crippen LogP contribution is 2.34. The number of dihydropyridines is 1. The average Bonchev–Trinajstić information content (AvgIpc) is 3.17. The molecule has 24 heavy (non-hydrogen) atoms. The number of ether oxygens (including phenoxy) is 1. The molecular weight excluding hydrogens is 300 g/mol. The number of aryl methyl sites for hydroxylation is 1. The third-order valence-corrected chi connectivity index (χ3v) is 3.92. The van der Waals surface area contributed by atoms with E-state index in [1.54, 1.807) is 17.2 Å². The van der Waals surface area contributed by atoms with E-state index in [0.717, 1.165) is 11.3 Å². The maximum absolute atomic E-state index is 5.70. The van der Waals surface area contributed by atoms with Crippen LogP contribution in [0.5, 0.6) is 0 Å². The molecule has 0 aliphatic carbocycles. The number of hydrogen-bond donors (Lipinski definition) is 1. The van der Waals surface area contributed by atoms with Crippen molar-refractivity contribution in [3.8, 4) is 0 Å². The van der Waals surface area contributed by atoms with Gasteiger partial charge in [0.2, 0.25) is 0 Å². The molecule has 0 spiro atoms. The van der Waals surface area contributed by atoms with Crippen molar-refractivity contribution in [2.75, 3.05) is 0 Å². The van der Waals surface area contributed by atoms with Gasteiger partial charge in [-0.05, 0) is 31.6 Å². The average molecular weight is 322 g/mol. The first-order valence-corrected chi connectivity index (χ1v) is 8.00. The molecular formula is C19H22N4O. The fraction of sp³-hybridized carbons (Fsp3) is 0.263. The lowest BCUT2D eigenvalue weighted by molar-refractivity contribution is 0.368. The van der Waals surface area contributed by atoms with Crippen LogP contribution in [-0.2, 0) is 11.8 Å². The first kappa shape index (κ1) is 16.1. The molecule has 3 rings (SSSR count). The van der Waals surface area contributed by atoms with Crippen molar-refractivity contribution in [2.24, 2.45) is 18.0 Å². The van der Waals surface area contributed by atoms with Crippen LogP contribution in [0.3, 0.4) is 0 Å². The van der Waals surface area contributed by atoms with E-state index in [0.29, 0.717) is 0 Å². The van der Waals surface area contributed by atoms with Gasteiger partial charge in [-0.25, -0.2) is 0 Å². The third kappa shape index (κ3) is 3.56. The summed E-state index contributed by atoms with van der Waals surface area (Å²) >= 11 is 0. The first-order valence-electron chi connectivity index (χ1n) is 8.00. The van der Waals surface area contributed by atoms with Gasteiger partial charge in [-0.15, -0.1) is 0 Å². The quantitative estimate of drug-likeness (QED) is 0.668. The molecule has 1 aromatic rings. The summed E-state index contributed by atoms with van der Waals surface area (Å²) in [5, 5.41) is 7.55. The predicted octanol–water partition coefficient (Wildman–Crippen LogP) is 3.33. The second kappa shape index (κ2) is 7.17. The highest BCUT2D eigenvalue weighted by Gasteiger charge is 2.31. The molecule has 5 heteroatoms. The van der Waals surface area contributed by atoms with Gasteiger partial charge in [0, 0.05) is 30.9 Å². The molecule has 0 fully saturated rings. The van der Waals surface area contributed by atoms with Crippen LogP contribution in [0.1, 0.15) is 19.4 Å². The van der Waals surface area contributed by atoms with E-state index >= 15 is 0 Å². The van der Waals surface area contributed by atoms with Crippen molar-refractivity contribution in [3.05, 3.63) is 72.1 Å². The minimum absolute atomic E-state index is 0.0355. The number of aliphatic imine (C=N–C) groups is 1. The van der Waals surface area contributed by atoms with E-state index in [2.05, 4.69) is 21.5 Å². The standard InChI is InChI=1S/C19H22N4O/c1-4-6-14(2)7-5-8-24-16-9-17-18(12-21-19(17)20-11-16)15-10-22-23(3)13-15/h4-13,17,19,21H,1-3H3/b6-4-,8-5+,14-7-. The Labute approximate surface area is 142 Å². The minimum Gasteiger partial charge on any atom is -0.464 e. The van der Waals surface area contributed by atoms with E-state index in [1.165, 1.54) is 11.1 Å². The Bertz CT molecular complexity index is 777. The fourth-order valence-electron chi connectivity index (χ4n) is 2.78. The molecule has 0 saturated heterocycles. The molecule has 2 unspecified atom stereocenters. The summed E-state index contributed by atoms with van der Waals surface area (Å²) in [5.74, 6) is 0.908. The van der Waals surface area contributed by atoms with Gasteiger partial charge in [0.15, 0.2) is 0 Å². The van der Waals surface area contributed by atoms with Crippen LogP contribution in [-0.4, -0.2) is 22.2 Å². The van der Waals surface area contributed by atoms with Gasteiger partial charge >= 0.3 is 0 Å². The lowest BCUT2D eigenvalue weighted by atomic mass is 9.93. The Hall–Kier alpha value is -2.82. The second-order valence-electron chi connectivity index (χ2n) is 5.84. The molecule has 1 N–H and O–H groups in total. The molecule has 0 amide bonds. The molecule has 124 valence electrons. The number of nitrogens with one attached hydrogen (secondary N) is 1. The van der Waals surface area contributed by atoms with Gasteiger partial charge in [0.05, 0.1) is 18.7 Å². The van der Waals surface area contributed by atoms with Crippen molar-refractivity contribution in [3.63, 3.8) is 0 Å². The molecule has 0 radical (unpaired) electrons. The third-order valence-electron chi connectivity index (χ3n) is 3.92. The highest BCUT2D eigenvalue weighted by atomic mass is 16.5. The van der Waals surface area contributed by atoms with Crippen LogP contribution in [0, 0.1) is 5.92 Å². The van der Waals surface area contributed by atoms with Crippen molar-refractivity contribution >= 4 is 11.8 Å². The van der Waals surface area contributed by atoms with E-state index in [1.807, 2.05) is 63.8 Å². The summed E-state index contributed by atoms with van der Waals surface area (Å²) in [4.78, 5) is 4.53. The highest BCUT2D eigenvalue weighted by molar-refractivity contribution is 5.81. The molecule has 0 aromatic carbocycles. The lowest BCUT2D eigenvalue weighted by Crippen LogP contribution is -2.27. The zero-order valence-electron chi connectivity index (χ0n) is 14.2. The van der Waals surface area contributed by atoms with E-state index in [-0.39, 0.29) is 12.1 Å². The van der Waals surface area contributed by atoms with Crippen molar-refractivity contribution in [1.29, 1.82) is 0 Å². The Morgan fingerprint density at radius 3 is 3.04 bits per heavy atom. The van der Waals surface area contributed by atoms with Crippen LogP contribution in [0.4, 0.5) is 0 Å². The molecule has 3 heterocycles. The molecule has 0 saturated carbocycles. The summed E-state index contributed by atoms with van der Waals surface area (Å²) in [6.07, 6.45) is 19.4. The zero-order chi connectivity index (χ0) is 16.9. The molecule has 0 bridgehead atoms. The number of rotatable bonds is 5. The van der Waals surface area contributed by atoms with Crippen LogP contribution in [0.25, 0.3) is 5.57 Å². The number of nitrogens with zero attached hydrogens (tertiary/aromatic N) is 3. The molecule has 1 aromatic heterocycles. The van der Waals surface area contributed by atoms with Crippen LogP contribution in [0.15, 0.2) is 71.6 Å². The minimum atomic E-state index is 0.0355. The summed E-state index contributed by atoms with van der Waals surface area (Å²) in [6.45, 7) is 4.05. The Morgan fingerprint density at radius 1 is 1.42 bits per heavy atom. The summed E-state index contributed by atoms with van der Waals surface area (Å²) < 4.78 is 7.50. The van der Waals surface area contributed by atoms with Crippen molar-refractivity contribution in [2.45, 2.75) is 20.0 Å². The molecule has 5 nitrogen and oxygen atoms in total. The van der Waals surface area contributed by atoms with Crippen molar-refractivity contribution < 1.29 is 4.74 Å². The van der Waals surface area contributed by atoms with Gasteiger partial charge in [0.1, 0.15) is 11.9 Å². The molecule has 2 aliphatic heterocycles. The number of fused-ring (bicyclic) bond motifs is 1. The largest absolute Gasteiger partial charge is 0.464 e. The predicted molar refractivity (Wildman–Crippen MR) is 97.0 cm³/mol. The number of hydrogen-bond acceptors (Lipinski definition) is 4. The van der Waals surface area contributed by atoms with Crippen LogP contribution < -0.4 is 5.32 Å². The molecule has 2 aliphatic rings. The Kier molecular flexibility index (Phi) is 4.79. The maximum atomic E-state index is 5.70. The fourth-order valence-corrected chi connectivity index (χ4v) is 2.78. The van der Waals surface area contributed by atoms with Gasteiger partial charge < -0.3 is 10.1 Å². The molecule has 2 atom stereocenters. The van der Waals surface area contributed by atoms with E-state index < -0.39 is 0 Å². The number of allylic oxidation sites excluding steroid dienone is 6. The van der Waals surface area contributed by atoms with Crippen LogP contribution in [0.2, 0.25) is 0 Å². The van der Waals surface area contributed by atoms with E-state index in [4.69, 9.17) is 4.74 Å². The van der Waals surface area contributed by atoms with Gasteiger partial charge in [-0.1, -0.05) is 23.8 Å². The normalized spacial score (nSPS) is 23.4. The van der Waals surface area contributed by atoms with Crippen molar-refractivity contribution in [1.82, 2.24) is 15.1 Å². The Morgan fingerprint density at radius 2 is 2.29 bits per heavy atom. The summed E-state index contributed by atoms with van der Waals surface area (Å²) in [6, 6.07) is 0. The summed E-state index contributed by atoms with van der Waals surface area (Å²) in [5.41, 5.74) is 3.45. The zero-order valence-corrected chi connectivity index (χ0v) is 14.2. The number of aromatic nitrogens is 2. The van der Waals surface area contributed by atoms with Gasteiger partial charge in [-0.2, -0.15) is 5.10 Å². The SMILES string of the molecule is C\C=C/C(C)=C\C=C\OC1=CC2C(c3cnn(C)c3)=CNC2N=C1. The van der Waals surface area contributed by atoms with Crippen LogP contribution >= 0.6 is 0 Å². The lowest BCUT2D eigenvalue weighted by Gasteiger charge is -2.20. The Balaban J connectivity index is 1.68. The van der Waals surface area contributed by atoms with Gasteiger partial charge in [0.25, 0.3) is 0 Å².